The lowest BCUT2D eigenvalue weighted by Gasteiger charge is -2.11. The van der Waals surface area contributed by atoms with Crippen molar-refractivity contribution >= 4 is 17.9 Å². The monoisotopic (exact) mass is 406 g/mol. The molecule has 0 N–H and O–H groups in total. The first-order valence-electron chi connectivity index (χ1n) is 9.87. The minimum Gasteiger partial charge on any atom is -0.494 e. The molecule has 0 aliphatic rings. The number of carbonyl (C=O) groups is 1. The van der Waals surface area contributed by atoms with Crippen LogP contribution in [0.2, 0.25) is 0 Å². The number of benzene rings is 3. The first kappa shape index (κ1) is 21.4. The van der Waals surface area contributed by atoms with Crippen molar-refractivity contribution in [3.05, 3.63) is 100 Å². The molecule has 0 amide bonds. The minimum atomic E-state index is -0.595. The molecular formula is C26H24F2O2. The molecule has 0 heterocycles. The molecule has 0 atom stereocenters. The van der Waals surface area contributed by atoms with Gasteiger partial charge in [0, 0.05) is 11.6 Å². The van der Waals surface area contributed by atoms with Gasteiger partial charge in [-0.15, -0.1) is 0 Å². The van der Waals surface area contributed by atoms with E-state index >= 15 is 0 Å². The fraction of sp³-hybridized carbons (Fsp3) is 0.192. The van der Waals surface area contributed by atoms with Crippen LogP contribution in [0.4, 0.5) is 8.78 Å². The van der Waals surface area contributed by atoms with Crippen LogP contribution in [-0.4, -0.2) is 12.9 Å². The number of hydrogen-bond donors (Lipinski definition) is 0. The maximum absolute atomic E-state index is 13.8. The van der Waals surface area contributed by atoms with Crippen LogP contribution in [0.25, 0.3) is 11.6 Å². The van der Waals surface area contributed by atoms with Crippen LogP contribution in [-0.2, 0) is 0 Å². The summed E-state index contributed by atoms with van der Waals surface area (Å²) in [5, 5.41) is 0. The summed E-state index contributed by atoms with van der Waals surface area (Å²) in [6.45, 7) is 4.53. The van der Waals surface area contributed by atoms with E-state index in [2.05, 4.69) is 6.07 Å². The van der Waals surface area contributed by atoms with Gasteiger partial charge in [0.05, 0.1) is 6.61 Å². The maximum atomic E-state index is 13.8. The highest BCUT2D eigenvalue weighted by atomic mass is 19.1. The fourth-order valence-electron chi connectivity index (χ4n) is 3.19. The van der Waals surface area contributed by atoms with Crippen molar-refractivity contribution in [3.63, 3.8) is 0 Å². The van der Waals surface area contributed by atoms with Gasteiger partial charge < -0.3 is 4.74 Å². The number of aldehydes is 1. The van der Waals surface area contributed by atoms with Crippen molar-refractivity contribution in [3.8, 4) is 5.75 Å². The van der Waals surface area contributed by atoms with Gasteiger partial charge in [-0.2, -0.15) is 0 Å². The standard InChI is InChI=1S/C26H24F2O2/c1-18-5-6-21(12-19(18)2)13-22(23-14-24(27)16-25(28)15-23)4-3-11-30-26-9-7-20(17-29)8-10-26/h5-10,12-17H,3-4,11H2,1-2H3. The molecule has 0 unspecified atom stereocenters. The molecule has 30 heavy (non-hydrogen) atoms. The van der Waals surface area contributed by atoms with Crippen molar-refractivity contribution in [1.29, 1.82) is 0 Å². The zero-order valence-electron chi connectivity index (χ0n) is 17.1. The lowest BCUT2D eigenvalue weighted by atomic mass is 9.97. The van der Waals surface area contributed by atoms with Gasteiger partial charge >= 0.3 is 0 Å². The molecule has 0 fully saturated rings. The quantitative estimate of drug-likeness (QED) is 0.234. The molecule has 0 aliphatic carbocycles. The topological polar surface area (TPSA) is 26.3 Å². The summed E-state index contributed by atoms with van der Waals surface area (Å²) in [6, 6.07) is 16.6. The van der Waals surface area contributed by atoms with Crippen molar-refractivity contribution < 1.29 is 18.3 Å². The largest absolute Gasteiger partial charge is 0.494 e. The van der Waals surface area contributed by atoms with Gasteiger partial charge in [0.25, 0.3) is 0 Å². The van der Waals surface area contributed by atoms with E-state index in [1.165, 1.54) is 17.7 Å². The Balaban J connectivity index is 1.75. The van der Waals surface area contributed by atoms with Gasteiger partial charge in [0.15, 0.2) is 0 Å². The smallest absolute Gasteiger partial charge is 0.150 e. The van der Waals surface area contributed by atoms with E-state index in [-0.39, 0.29) is 0 Å². The molecule has 0 aromatic heterocycles. The van der Waals surface area contributed by atoms with E-state index < -0.39 is 11.6 Å². The highest BCUT2D eigenvalue weighted by Gasteiger charge is 2.08. The second-order valence-corrected chi connectivity index (χ2v) is 7.31. The minimum absolute atomic E-state index is 0.447. The average molecular weight is 406 g/mol. The first-order valence-corrected chi connectivity index (χ1v) is 9.87. The number of hydrogen-bond acceptors (Lipinski definition) is 2. The molecule has 0 saturated carbocycles. The predicted octanol–water partition coefficient (Wildman–Crippen LogP) is 6.79. The zero-order valence-corrected chi connectivity index (χ0v) is 17.1. The van der Waals surface area contributed by atoms with Gasteiger partial charge in [0.1, 0.15) is 23.7 Å². The highest BCUT2D eigenvalue weighted by Crippen LogP contribution is 2.26. The Bertz CT molecular complexity index is 1030. The molecule has 0 aliphatic heterocycles. The van der Waals surface area contributed by atoms with Gasteiger partial charge in [-0.3, -0.25) is 4.79 Å². The van der Waals surface area contributed by atoms with Gasteiger partial charge in [-0.25, -0.2) is 8.78 Å². The second-order valence-electron chi connectivity index (χ2n) is 7.31. The number of rotatable bonds is 8. The van der Waals surface area contributed by atoms with Crippen LogP contribution in [0.1, 0.15) is 45.5 Å². The Morgan fingerprint density at radius 2 is 1.53 bits per heavy atom. The summed E-state index contributed by atoms with van der Waals surface area (Å²) >= 11 is 0. The lowest BCUT2D eigenvalue weighted by molar-refractivity contribution is 0.112. The van der Waals surface area contributed by atoms with Crippen LogP contribution in [0.5, 0.6) is 5.75 Å². The molecule has 3 aromatic rings. The Hall–Kier alpha value is -3.27. The third-order valence-electron chi connectivity index (χ3n) is 4.98. The second kappa shape index (κ2) is 9.97. The van der Waals surface area contributed by atoms with Gasteiger partial charge in [-0.05, 0) is 90.9 Å². The lowest BCUT2D eigenvalue weighted by Crippen LogP contribution is -1.99. The molecule has 0 saturated heterocycles. The summed E-state index contributed by atoms with van der Waals surface area (Å²) < 4.78 is 33.3. The maximum Gasteiger partial charge on any atom is 0.150 e. The molecule has 4 heteroatoms. The van der Waals surface area contributed by atoms with Crippen molar-refractivity contribution in [2.45, 2.75) is 26.7 Å². The molecule has 3 rings (SSSR count). The molecule has 0 spiro atoms. The average Bonchev–Trinajstić information content (AvgIpc) is 2.72. The number of halogens is 2. The van der Waals surface area contributed by atoms with Gasteiger partial charge in [-0.1, -0.05) is 24.3 Å². The number of carbonyl (C=O) groups excluding carboxylic acids is 1. The van der Waals surface area contributed by atoms with Crippen LogP contribution >= 0.6 is 0 Å². The summed E-state index contributed by atoms with van der Waals surface area (Å²) in [5.41, 5.74) is 5.31. The SMILES string of the molecule is Cc1ccc(C=C(CCCOc2ccc(C=O)cc2)c2cc(F)cc(F)c2)cc1C. The van der Waals surface area contributed by atoms with E-state index in [4.69, 9.17) is 4.74 Å². The van der Waals surface area contributed by atoms with Crippen LogP contribution in [0.3, 0.4) is 0 Å². The fourth-order valence-corrected chi connectivity index (χ4v) is 3.19. The molecule has 0 radical (unpaired) electrons. The predicted molar refractivity (Wildman–Crippen MR) is 117 cm³/mol. The number of allylic oxidation sites excluding steroid dienone is 1. The Morgan fingerprint density at radius 3 is 2.17 bits per heavy atom. The Kier molecular flexibility index (Phi) is 7.12. The summed E-state index contributed by atoms with van der Waals surface area (Å²) in [7, 11) is 0. The molecular weight excluding hydrogens is 382 g/mol. The van der Waals surface area contributed by atoms with Crippen LogP contribution in [0, 0.1) is 25.5 Å². The molecule has 154 valence electrons. The molecule has 2 nitrogen and oxygen atoms in total. The molecule has 0 bridgehead atoms. The Labute approximate surface area is 175 Å². The highest BCUT2D eigenvalue weighted by molar-refractivity contribution is 5.81. The van der Waals surface area contributed by atoms with E-state index in [9.17, 15) is 13.6 Å². The normalized spacial score (nSPS) is 11.4. The van der Waals surface area contributed by atoms with E-state index in [0.717, 1.165) is 29.1 Å². The first-order chi connectivity index (χ1) is 14.4. The van der Waals surface area contributed by atoms with E-state index in [1.54, 1.807) is 24.3 Å². The van der Waals surface area contributed by atoms with E-state index in [1.807, 2.05) is 32.1 Å². The van der Waals surface area contributed by atoms with Crippen LogP contribution < -0.4 is 4.74 Å². The zero-order chi connectivity index (χ0) is 21.5. The van der Waals surface area contributed by atoms with Crippen molar-refractivity contribution in [1.82, 2.24) is 0 Å². The van der Waals surface area contributed by atoms with E-state index in [0.29, 0.717) is 36.3 Å². The third-order valence-corrected chi connectivity index (χ3v) is 4.98. The van der Waals surface area contributed by atoms with Crippen molar-refractivity contribution in [2.75, 3.05) is 6.61 Å². The van der Waals surface area contributed by atoms with Crippen molar-refractivity contribution in [2.24, 2.45) is 0 Å². The summed E-state index contributed by atoms with van der Waals surface area (Å²) in [5.74, 6) is -0.512. The number of ether oxygens (including phenoxy) is 1. The van der Waals surface area contributed by atoms with Gasteiger partial charge in [0.2, 0.25) is 0 Å². The third kappa shape index (κ3) is 5.86. The summed E-state index contributed by atoms with van der Waals surface area (Å²) in [4.78, 5) is 10.7. The summed E-state index contributed by atoms with van der Waals surface area (Å²) in [6.07, 6.45) is 4.03. The molecule has 3 aromatic carbocycles. The van der Waals surface area contributed by atoms with Crippen LogP contribution in [0.15, 0.2) is 60.7 Å². The number of aryl methyl sites for hydroxylation is 2. The Morgan fingerprint density at radius 1 is 0.867 bits per heavy atom.